The Morgan fingerprint density at radius 3 is 2.02 bits per heavy atom. The fourth-order valence-corrected chi connectivity index (χ4v) is 8.37. The highest BCUT2D eigenvalue weighted by atomic mass is 32.2. The van der Waals surface area contributed by atoms with Crippen molar-refractivity contribution in [3.63, 3.8) is 0 Å². The van der Waals surface area contributed by atoms with Gasteiger partial charge in [0.05, 0.1) is 13.7 Å². The number of methoxy groups -OCH3 is 1. The highest BCUT2D eigenvalue weighted by Crippen LogP contribution is 2.37. The van der Waals surface area contributed by atoms with Crippen LogP contribution in [0.2, 0.25) is 0 Å². The second-order valence-corrected chi connectivity index (χ2v) is 14.6. The molecular weight excluding hydrogens is 707 g/mol. The second kappa shape index (κ2) is 15.4. The van der Waals surface area contributed by atoms with Crippen molar-refractivity contribution in [3.8, 4) is 5.75 Å². The van der Waals surface area contributed by atoms with E-state index < -0.39 is 68.5 Å². The molecular formula is C38H35F5N2O6S. The molecule has 1 heterocycles. The van der Waals surface area contributed by atoms with Gasteiger partial charge in [0.2, 0.25) is 21.7 Å². The maximum atomic E-state index is 14.7. The lowest BCUT2D eigenvalue weighted by molar-refractivity contribution is -0.125. The Hall–Kier alpha value is -4.82. The molecule has 1 aliphatic heterocycles. The fraction of sp³-hybridized carbons (Fsp3) is 0.316. The van der Waals surface area contributed by atoms with E-state index in [1.54, 1.807) is 12.1 Å². The van der Waals surface area contributed by atoms with Gasteiger partial charge < -0.3 is 14.4 Å². The van der Waals surface area contributed by atoms with Crippen molar-refractivity contribution >= 4 is 27.6 Å². The average Bonchev–Trinajstić information content (AvgIpc) is 3.14. The summed E-state index contributed by atoms with van der Waals surface area (Å²) in [5, 5.41) is 0. The molecule has 1 amide bonds. The SMILES string of the molecule is COC(=O)c1ccc(N(Cc2ccc(C3CCCCC3)cc2)C(=O)[C@H]2CCN2S(=O)(=O)c2c(F)c(F)c(F)c(F)c2F)cc1OCc1ccccc1. The normalized spacial score (nSPS) is 16.6. The van der Waals surface area contributed by atoms with Crippen LogP contribution in [0.25, 0.3) is 0 Å². The first kappa shape index (κ1) is 37.0. The van der Waals surface area contributed by atoms with Crippen LogP contribution in [0, 0.1) is 29.1 Å². The molecule has 6 rings (SSSR count). The summed E-state index contributed by atoms with van der Waals surface area (Å²) < 4.78 is 110. The van der Waals surface area contributed by atoms with Crippen molar-refractivity contribution in [2.45, 2.75) is 68.5 Å². The van der Waals surface area contributed by atoms with Crippen molar-refractivity contribution in [2.24, 2.45) is 0 Å². The lowest BCUT2D eigenvalue weighted by Crippen LogP contribution is -2.59. The Morgan fingerprint density at radius 1 is 0.788 bits per heavy atom. The third-order valence-electron chi connectivity index (χ3n) is 9.57. The number of carbonyl (C=O) groups is 2. The van der Waals surface area contributed by atoms with Gasteiger partial charge in [-0.05, 0) is 54.0 Å². The van der Waals surface area contributed by atoms with Crippen molar-refractivity contribution < 1.29 is 49.4 Å². The smallest absolute Gasteiger partial charge is 0.341 e. The van der Waals surface area contributed by atoms with E-state index in [2.05, 4.69) is 0 Å². The number of sulfonamides is 1. The molecule has 0 unspecified atom stereocenters. The molecule has 0 spiro atoms. The molecule has 1 atom stereocenters. The first-order chi connectivity index (χ1) is 24.9. The van der Waals surface area contributed by atoms with Crippen molar-refractivity contribution in [1.82, 2.24) is 4.31 Å². The molecule has 14 heteroatoms. The number of halogens is 5. The zero-order valence-corrected chi connectivity index (χ0v) is 28.9. The van der Waals surface area contributed by atoms with E-state index in [-0.39, 0.29) is 36.6 Å². The molecule has 2 fully saturated rings. The Bertz CT molecular complexity index is 2050. The quantitative estimate of drug-likeness (QED) is 0.0675. The molecule has 0 radical (unpaired) electrons. The fourth-order valence-electron chi connectivity index (χ4n) is 6.63. The van der Waals surface area contributed by atoms with Crippen LogP contribution >= 0.6 is 0 Å². The molecule has 274 valence electrons. The molecule has 8 nitrogen and oxygen atoms in total. The number of hydrogen-bond donors (Lipinski definition) is 0. The zero-order chi connectivity index (χ0) is 37.2. The minimum Gasteiger partial charge on any atom is -0.488 e. The highest BCUT2D eigenvalue weighted by Gasteiger charge is 2.48. The number of rotatable bonds is 11. The Labute approximate surface area is 297 Å². The average molecular weight is 743 g/mol. The van der Waals surface area contributed by atoms with Crippen LogP contribution in [0.4, 0.5) is 27.6 Å². The van der Waals surface area contributed by atoms with E-state index in [0.717, 1.165) is 36.8 Å². The first-order valence-electron chi connectivity index (χ1n) is 16.7. The van der Waals surface area contributed by atoms with Crippen LogP contribution in [0.5, 0.6) is 5.75 Å². The predicted molar refractivity (Wildman–Crippen MR) is 181 cm³/mol. The Morgan fingerprint density at radius 2 is 1.42 bits per heavy atom. The van der Waals surface area contributed by atoms with Crippen LogP contribution in [0.1, 0.15) is 71.5 Å². The lowest BCUT2D eigenvalue weighted by Gasteiger charge is -2.41. The largest absolute Gasteiger partial charge is 0.488 e. The first-order valence-corrected chi connectivity index (χ1v) is 18.2. The third-order valence-corrected chi connectivity index (χ3v) is 11.5. The van der Waals surface area contributed by atoms with E-state index in [1.807, 2.05) is 42.5 Å². The molecule has 0 aromatic heterocycles. The maximum Gasteiger partial charge on any atom is 0.341 e. The summed E-state index contributed by atoms with van der Waals surface area (Å²) in [5.74, 6) is -13.5. The topological polar surface area (TPSA) is 93.2 Å². The molecule has 52 heavy (non-hydrogen) atoms. The summed E-state index contributed by atoms with van der Waals surface area (Å²) in [6, 6.07) is 19.4. The van der Waals surface area contributed by atoms with Crippen LogP contribution in [0.3, 0.4) is 0 Å². The van der Waals surface area contributed by atoms with E-state index in [4.69, 9.17) is 9.47 Å². The number of hydrogen-bond acceptors (Lipinski definition) is 6. The predicted octanol–water partition coefficient (Wildman–Crippen LogP) is 7.79. The van der Waals surface area contributed by atoms with Gasteiger partial charge in [0.15, 0.2) is 28.2 Å². The summed E-state index contributed by atoms with van der Waals surface area (Å²) in [5.41, 5.74) is 2.81. The molecule has 1 aliphatic carbocycles. The number of anilines is 1. The summed E-state index contributed by atoms with van der Waals surface area (Å²) in [4.78, 5) is 26.2. The van der Waals surface area contributed by atoms with E-state index in [1.165, 1.54) is 36.6 Å². The standard InChI is InChI=1S/C38H35F5N2O6S/c1-50-38(47)28-17-16-27(20-30(28)51-22-24-8-4-2-5-9-24)44(21-23-12-14-26(15-13-23)25-10-6-3-7-11-25)37(46)29-18-19-45(29)52(48,49)36-34(42)32(40)31(39)33(41)35(36)43/h2,4-5,8-9,12-17,20,25,29H,3,6-7,10-11,18-19,21-22H2,1H3/t29-/m1/s1. The Balaban J connectivity index is 1.37. The molecule has 4 aromatic carbocycles. The zero-order valence-electron chi connectivity index (χ0n) is 28.1. The van der Waals surface area contributed by atoms with Gasteiger partial charge in [-0.25, -0.2) is 35.2 Å². The molecule has 1 saturated carbocycles. The number of amides is 1. The molecule has 0 bridgehead atoms. The van der Waals surface area contributed by atoms with Gasteiger partial charge >= 0.3 is 5.97 Å². The van der Waals surface area contributed by atoms with Gasteiger partial charge in [-0.1, -0.05) is 73.9 Å². The van der Waals surface area contributed by atoms with Crippen LogP contribution in [0.15, 0.2) is 77.7 Å². The monoisotopic (exact) mass is 742 g/mol. The van der Waals surface area contributed by atoms with Gasteiger partial charge in [-0.2, -0.15) is 4.31 Å². The van der Waals surface area contributed by atoms with Crippen molar-refractivity contribution in [1.29, 1.82) is 0 Å². The summed E-state index contributed by atoms with van der Waals surface area (Å²) in [6.07, 6.45) is 5.49. The lowest BCUT2D eigenvalue weighted by atomic mass is 9.84. The summed E-state index contributed by atoms with van der Waals surface area (Å²) >= 11 is 0. The number of nitrogens with zero attached hydrogens (tertiary/aromatic N) is 2. The maximum absolute atomic E-state index is 14.7. The second-order valence-electron chi connectivity index (χ2n) is 12.8. The number of ether oxygens (including phenoxy) is 2. The van der Waals surface area contributed by atoms with Gasteiger partial charge in [0, 0.05) is 18.3 Å². The minimum absolute atomic E-state index is 0.0431. The minimum atomic E-state index is -5.39. The molecule has 1 saturated heterocycles. The summed E-state index contributed by atoms with van der Waals surface area (Å²) in [7, 11) is -4.20. The number of benzene rings is 4. The third kappa shape index (κ3) is 7.26. The Kier molecular flexibility index (Phi) is 11.0. The van der Waals surface area contributed by atoms with Crippen molar-refractivity contribution in [3.05, 3.63) is 124 Å². The van der Waals surface area contributed by atoms with E-state index in [0.29, 0.717) is 15.8 Å². The van der Waals surface area contributed by atoms with Gasteiger partial charge in [0.25, 0.3) is 0 Å². The van der Waals surface area contributed by atoms with Crippen LogP contribution in [-0.4, -0.2) is 44.3 Å². The van der Waals surface area contributed by atoms with Crippen LogP contribution < -0.4 is 9.64 Å². The van der Waals surface area contributed by atoms with E-state index >= 15 is 0 Å². The highest BCUT2D eigenvalue weighted by molar-refractivity contribution is 7.89. The van der Waals surface area contributed by atoms with Gasteiger partial charge in [-0.3, -0.25) is 4.79 Å². The van der Waals surface area contributed by atoms with Crippen molar-refractivity contribution in [2.75, 3.05) is 18.6 Å². The molecule has 4 aromatic rings. The van der Waals surface area contributed by atoms with E-state index in [9.17, 15) is 40.0 Å². The van der Waals surface area contributed by atoms with Gasteiger partial charge in [-0.15, -0.1) is 0 Å². The van der Waals surface area contributed by atoms with Gasteiger partial charge in [0.1, 0.15) is 24.0 Å². The number of carbonyl (C=O) groups excluding carboxylic acids is 2. The number of esters is 1. The summed E-state index contributed by atoms with van der Waals surface area (Å²) in [6.45, 7) is -0.483. The van der Waals surface area contributed by atoms with Crippen LogP contribution in [-0.2, 0) is 32.7 Å². The molecule has 2 aliphatic rings. The molecule has 0 N–H and O–H groups in total.